The lowest BCUT2D eigenvalue weighted by Gasteiger charge is -2.14. The molecule has 0 bridgehead atoms. The maximum atomic E-state index is 6.01. The molecule has 0 heterocycles. The molecule has 112 valence electrons. The molecule has 21 heavy (non-hydrogen) atoms. The first-order valence-corrected chi connectivity index (χ1v) is 7.28. The molecule has 0 amide bonds. The Balaban J connectivity index is 2.29. The number of hydrogen-bond donors (Lipinski definition) is 1. The van der Waals surface area contributed by atoms with E-state index in [1.807, 2.05) is 24.3 Å². The van der Waals surface area contributed by atoms with Crippen molar-refractivity contribution in [3.63, 3.8) is 0 Å². The van der Waals surface area contributed by atoms with Gasteiger partial charge in [-0.1, -0.05) is 13.0 Å². The van der Waals surface area contributed by atoms with Gasteiger partial charge in [0.05, 0.1) is 6.61 Å². The van der Waals surface area contributed by atoms with E-state index in [0.717, 1.165) is 23.5 Å². The first-order chi connectivity index (χ1) is 9.99. The van der Waals surface area contributed by atoms with Gasteiger partial charge in [0.2, 0.25) is 0 Å². The van der Waals surface area contributed by atoms with Crippen molar-refractivity contribution >= 4 is 5.69 Å². The van der Waals surface area contributed by atoms with E-state index in [-0.39, 0.29) is 0 Å². The SMILES string of the molecule is CCCOc1cc(N)cc(Oc2cc(C)cc(C)c2C)c1. The molecule has 3 nitrogen and oxygen atoms in total. The summed E-state index contributed by atoms with van der Waals surface area (Å²) in [6, 6.07) is 9.70. The summed E-state index contributed by atoms with van der Waals surface area (Å²) in [5, 5.41) is 0. The Kier molecular flexibility index (Phi) is 4.73. The number of benzene rings is 2. The van der Waals surface area contributed by atoms with Crippen LogP contribution in [0.5, 0.6) is 17.2 Å². The molecule has 3 heteroatoms. The van der Waals surface area contributed by atoms with E-state index in [1.165, 1.54) is 11.1 Å². The molecule has 0 unspecified atom stereocenters. The first-order valence-electron chi connectivity index (χ1n) is 7.28. The number of nitrogen functional groups attached to an aromatic ring is 1. The van der Waals surface area contributed by atoms with E-state index in [0.29, 0.717) is 18.0 Å². The summed E-state index contributed by atoms with van der Waals surface area (Å²) in [6.07, 6.45) is 0.959. The van der Waals surface area contributed by atoms with Gasteiger partial charge in [-0.15, -0.1) is 0 Å². The van der Waals surface area contributed by atoms with Crippen LogP contribution in [0.25, 0.3) is 0 Å². The third-order valence-electron chi connectivity index (χ3n) is 3.37. The summed E-state index contributed by atoms with van der Waals surface area (Å²) in [6.45, 7) is 8.96. The lowest BCUT2D eigenvalue weighted by Crippen LogP contribution is -1.98. The van der Waals surface area contributed by atoms with Crippen molar-refractivity contribution in [1.29, 1.82) is 0 Å². The fourth-order valence-electron chi connectivity index (χ4n) is 2.19. The summed E-state index contributed by atoms with van der Waals surface area (Å²) in [4.78, 5) is 0. The number of aryl methyl sites for hydroxylation is 2. The second-order valence-corrected chi connectivity index (χ2v) is 5.39. The van der Waals surface area contributed by atoms with Crippen LogP contribution in [0.1, 0.15) is 30.0 Å². The van der Waals surface area contributed by atoms with Crippen molar-refractivity contribution in [1.82, 2.24) is 0 Å². The maximum Gasteiger partial charge on any atom is 0.133 e. The molecular weight excluding hydrogens is 262 g/mol. The number of ether oxygens (including phenoxy) is 2. The second kappa shape index (κ2) is 6.53. The molecule has 0 aliphatic carbocycles. The van der Waals surface area contributed by atoms with Crippen LogP contribution < -0.4 is 15.2 Å². The van der Waals surface area contributed by atoms with Gasteiger partial charge in [0.25, 0.3) is 0 Å². The van der Waals surface area contributed by atoms with Gasteiger partial charge in [-0.05, 0) is 49.9 Å². The lowest BCUT2D eigenvalue weighted by molar-refractivity contribution is 0.316. The topological polar surface area (TPSA) is 44.5 Å². The average molecular weight is 285 g/mol. The minimum absolute atomic E-state index is 0.639. The monoisotopic (exact) mass is 285 g/mol. The molecule has 2 N–H and O–H groups in total. The first kappa shape index (κ1) is 15.2. The van der Waals surface area contributed by atoms with Crippen LogP contribution in [-0.4, -0.2) is 6.61 Å². The van der Waals surface area contributed by atoms with E-state index in [9.17, 15) is 0 Å². The average Bonchev–Trinajstić information content (AvgIpc) is 2.41. The minimum atomic E-state index is 0.639. The van der Waals surface area contributed by atoms with Gasteiger partial charge >= 0.3 is 0 Å². The molecule has 0 fully saturated rings. The Labute approximate surface area is 126 Å². The Morgan fingerprint density at radius 2 is 1.67 bits per heavy atom. The zero-order valence-electron chi connectivity index (χ0n) is 13.2. The zero-order valence-corrected chi connectivity index (χ0v) is 13.2. The summed E-state index contributed by atoms with van der Waals surface area (Å²) in [5.41, 5.74) is 10.1. The maximum absolute atomic E-state index is 6.01. The Morgan fingerprint density at radius 3 is 2.38 bits per heavy atom. The van der Waals surface area contributed by atoms with Crippen molar-refractivity contribution < 1.29 is 9.47 Å². The van der Waals surface area contributed by atoms with Gasteiger partial charge in [0.15, 0.2) is 0 Å². The number of rotatable bonds is 5. The molecule has 0 saturated carbocycles. The highest BCUT2D eigenvalue weighted by atomic mass is 16.5. The van der Waals surface area contributed by atoms with Gasteiger partial charge in [0, 0.05) is 23.9 Å². The molecular formula is C18H23NO2. The summed E-state index contributed by atoms with van der Waals surface area (Å²) in [7, 11) is 0. The molecule has 2 rings (SSSR count). The molecule has 0 radical (unpaired) electrons. The molecule has 0 spiro atoms. The lowest BCUT2D eigenvalue weighted by atomic mass is 10.1. The Morgan fingerprint density at radius 1 is 0.952 bits per heavy atom. The van der Waals surface area contributed by atoms with Crippen molar-refractivity contribution in [2.24, 2.45) is 0 Å². The van der Waals surface area contributed by atoms with Crippen LogP contribution in [0.2, 0.25) is 0 Å². The van der Waals surface area contributed by atoms with Crippen LogP contribution in [0.15, 0.2) is 30.3 Å². The van der Waals surface area contributed by atoms with E-state index in [4.69, 9.17) is 15.2 Å². The van der Waals surface area contributed by atoms with Crippen molar-refractivity contribution in [2.75, 3.05) is 12.3 Å². The Hall–Kier alpha value is -2.16. The van der Waals surface area contributed by atoms with Gasteiger partial charge in [-0.2, -0.15) is 0 Å². The highest BCUT2D eigenvalue weighted by Gasteiger charge is 2.07. The normalized spacial score (nSPS) is 10.5. The van der Waals surface area contributed by atoms with Gasteiger partial charge in [-0.25, -0.2) is 0 Å². The van der Waals surface area contributed by atoms with Gasteiger partial charge in [0.1, 0.15) is 17.2 Å². The largest absolute Gasteiger partial charge is 0.493 e. The number of nitrogens with two attached hydrogens (primary N) is 1. The Bertz CT molecular complexity index is 635. The molecule has 2 aromatic rings. The van der Waals surface area contributed by atoms with Crippen LogP contribution in [0, 0.1) is 20.8 Å². The van der Waals surface area contributed by atoms with E-state index in [2.05, 4.69) is 33.8 Å². The van der Waals surface area contributed by atoms with Gasteiger partial charge in [-0.3, -0.25) is 0 Å². The number of hydrogen-bond acceptors (Lipinski definition) is 3. The van der Waals surface area contributed by atoms with E-state index >= 15 is 0 Å². The fraction of sp³-hybridized carbons (Fsp3) is 0.333. The molecule has 0 aliphatic rings. The summed E-state index contributed by atoms with van der Waals surface area (Å²) < 4.78 is 11.6. The van der Waals surface area contributed by atoms with Crippen molar-refractivity contribution in [2.45, 2.75) is 34.1 Å². The summed E-state index contributed by atoms with van der Waals surface area (Å²) in [5.74, 6) is 2.31. The van der Waals surface area contributed by atoms with Crippen molar-refractivity contribution in [3.8, 4) is 17.2 Å². The predicted octanol–water partition coefficient (Wildman–Crippen LogP) is 4.78. The highest BCUT2D eigenvalue weighted by molar-refractivity contribution is 5.52. The molecule has 0 atom stereocenters. The molecule has 2 aromatic carbocycles. The third kappa shape index (κ3) is 3.91. The smallest absolute Gasteiger partial charge is 0.133 e. The highest BCUT2D eigenvalue weighted by Crippen LogP contribution is 2.32. The minimum Gasteiger partial charge on any atom is -0.493 e. The van der Waals surface area contributed by atoms with Crippen LogP contribution in [0.3, 0.4) is 0 Å². The van der Waals surface area contributed by atoms with E-state index < -0.39 is 0 Å². The standard InChI is InChI=1S/C18H23NO2/c1-5-6-20-16-9-15(19)10-17(11-16)21-18-8-12(2)7-13(3)14(18)4/h7-11H,5-6,19H2,1-4H3. The molecule has 0 aliphatic heterocycles. The summed E-state index contributed by atoms with van der Waals surface area (Å²) >= 11 is 0. The van der Waals surface area contributed by atoms with Crippen LogP contribution in [-0.2, 0) is 0 Å². The zero-order chi connectivity index (χ0) is 15.4. The van der Waals surface area contributed by atoms with Crippen LogP contribution in [0.4, 0.5) is 5.69 Å². The number of anilines is 1. The van der Waals surface area contributed by atoms with Crippen molar-refractivity contribution in [3.05, 3.63) is 47.0 Å². The van der Waals surface area contributed by atoms with Crippen LogP contribution >= 0.6 is 0 Å². The quantitative estimate of drug-likeness (QED) is 0.804. The third-order valence-corrected chi connectivity index (χ3v) is 3.37. The fourth-order valence-corrected chi connectivity index (χ4v) is 2.19. The second-order valence-electron chi connectivity index (χ2n) is 5.39. The van der Waals surface area contributed by atoms with Gasteiger partial charge < -0.3 is 15.2 Å². The van der Waals surface area contributed by atoms with E-state index in [1.54, 1.807) is 0 Å². The molecule has 0 saturated heterocycles. The predicted molar refractivity (Wildman–Crippen MR) is 87.4 cm³/mol. The molecule has 0 aromatic heterocycles.